The van der Waals surface area contributed by atoms with Crippen molar-refractivity contribution in [2.45, 2.75) is 25.3 Å². The van der Waals surface area contributed by atoms with Gasteiger partial charge < -0.3 is 15.4 Å². The molecule has 0 heterocycles. The number of ether oxygens (including phenoxy) is 1. The van der Waals surface area contributed by atoms with Gasteiger partial charge in [-0.15, -0.1) is 0 Å². The third kappa shape index (κ3) is 3.84. The maximum Gasteiger partial charge on any atom is 0.319 e. The van der Waals surface area contributed by atoms with Crippen LogP contribution in [0.4, 0.5) is 14.9 Å². The van der Waals surface area contributed by atoms with Gasteiger partial charge in [-0.2, -0.15) is 0 Å². The number of carbonyl (C=O) groups is 1. The molecule has 1 saturated carbocycles. The van der Waals surface area contributed by atoms with E-state index >= 15 is 0 Å². The van der Waals surface area contributed by atoms with Crippen LogP contribution in [0.3, 0.4) is 0 Å². The zero-order valence-electron chi connectivity index (χ0n) is 11.3. The van der Waals surface area contributed by atoms with E-state index in [1.165, 1.54) is 18.2 Å². The van der Waals surface area contributed by atoms with Gasteiger partial charge in [0.15, 0.2) is 0 Å². The topological polar surface area (TPSA) is 50.4 Å². The van der Waals surface area contributed by atoms with Crippen LogP contribution < -0.4 is 10.6 Å². The molecule has 2 rings (SSSR count). The highest BCUT2D eigenvalue weighted by atomic mass is 35.5. The molecule has 110 valence electrons. The standard InChI is InChI=1S/C14H18ClFN2O2/c1-20-8-9-3-2-4-12(9)17-14(19)18-13-6-5-10(16)7-11(13)15/h5-7,9,12H,2-4,8H2,1H3,(H2,17,18,19)/t9-,12-/m0/s1. The van der Waals surface area contributed by atoms with Crippen LogP contribution in [0.15, 0.2) is 18.2 Å². The zero-order chi connectivity index (χ0) is 14.5. The number of amides is 2. The SMILES string of the molecule is COC[C@@H]1CCC[C@@H]1NC(=O)Nc1ccc(F)cc1Cl. The van der Waals surface area contributed by atoms with Crippen molar-refractivity contribution in [1.82, 2.24) is 5.32 Å². The van der Waals surface area contributed by atoms with Crippen molar-refractivity contribution < 1.29 is 13.9 Å². The number of methoxy groups -OCH3 is 1. The quantitative estimate of drug-likeness (QED) is 0.895. The molecule has 0 aromatic heterocycles. The van der Waals surface area contributed by atoms with Crippen molar-refractivity contribution in [3.63, 3.8) is 0 Å². The van der Waals surface area contributed by atoms with E-state index in [9.17, 15) is 9.18 Å². The lowest BCUT2D eigenvalue weighted by Crippen LogP contribution is -2.41. The molecular weight excluding hydrogens is 283 g/mol. The molecule has 2 N–H and O–H groups in total. The normalized spacial score (nSPS) is 21.8. The third-order valence-corrected chi connectivity index (χ3v) is 3.85. The van der Waals surface area contributed by atoms with Gasteiger partial charge in [0, 0.05) is 19.1 Å². The van der Waals surface area contributed by atoms with Gasteiger partial charge >= 0.3 is 6.03 Å². The molecule has 0 unspecified atom stereocenters. The fourth-order valence-corrected chi connectivity index (χ4v) is 2.77. The maximum absolute atomic E-state index is 12.9. The summed E-state index contributed by atoms with van der Waals surface area (Å²) in [6.45, 7) is 0.641. The lowest BCUT2D eigenvalue weighted by Gasteiger charge is -2.20. The Bertz CT molecular complexity index is 484. The molecule has 0 radical (unpaired) electrons. The van der Waals surface area contributed by atoms with E-state index in [1.807, 2.05) is 0 Å². The first-order valence-electron chi connectivity index (χ1n) is 6.61. The Kier molecular flexibility index (Phi) is 5.20. The first-order chi connectivity index (χ1) is 9.60. The lowest BCUT2D eigenvalue weighted by atomic mass is 10.1. The molecule has 2 atom stereocenters. The van der Waals surface area contributed by atoms with Crippen molar-refractivity contribution in [3.8, 4) is 0 Å². The van der Waals surface area contributed by atoms with Gasteiger partial charge in [-0.3, -0.25) is 0 Å². The van der Waals surface area contributed by atoms with Gasteiger partial charge in [0.05, 0.1) is 17.3 Å². The van der Waals surface area contributed by atoms with E-state index in [1.54, 1.807) is 7.11 Å². The summed E-state index contributed by atoms with van der Waals surface area (Å²) in [4.78, 5) is 11.9. The van der Waals surface area contributed by atoms with Crippen molar-refractivity contribution in [2.24, 2.45) is 5.92 Å². The summed E-state index contributed by atoms with van der Waals surface area (Å²) in [7, 11) is 1.66. The number of carbonyl (C=O) groups excluding carboxylic acids is 1. The Labute approximate surface area is 122 Å². The molecule has 0 aliphatic heterocycles. The Balaban J connectivity index is 1.92. The number of hydrogen-bond acceptors (Lipinski definition) is 2. The lowest BCUT2D eigenvalue weighted by molar-refractivity contribution is 0.142. The van der Waals surface area contributed by atoms with Crippen LogP contribution in [0.5, 0.6) is 0 Å². The zero-order valence-corrected chi connectivity index (χ0v) is 12.0. The number of nitrogens with one attached hydrogen (secondary N) is 2. The second-order valence-corrected chi connectivity index (χ2v) is 5.38. The molecule has 1 aromatic carbocycles. The number of benzene rings is 1. The average molecular weight is 301 g/mol. The summed E-state index contributed by atoms with van der Waals surface area (Å²) in [5.74, 6) is -0.0913. The maximum atomic E-state index is 12.9. The summed E-state index contributed by atoms with van der Waals surface area (Å²) in [5, 5.41) is 5.74. The minimum atomic E-state index is -0.433. The molecule has 20 heavy (non-hydrogen) atoms. The molecule has 0 saturated heterocycles. The van der Waals surface area contributed by atoms with Crippen LogP contribution in [0.2, 0.25) is 5.02 Å². The van der Waals surface area contributed by atoms with E-state index in [2.05, 4.69) is 10.6 Å². The molecule has 2 amide bonds. The summed E-state index contributed by atoms with van der Waals surface area (Å²) < 4.78 is 18.1. The van der Waals surface area contributed by atoms with E-state index in [4.69, 9.17) is 16.3 Å². The Morgan fingerprint density at radius 2 is 2.30 bits per heavy atom. The first kappa shape index (κ1) is 15.1. The highest BCUT2D eigenvalue weighted by Crippen LogP contribution is 2.26. The predicted octanol–water partition coefficient (Wildman–Crippen LogP) is 3.42. The highest BCUT2D eigenvalue weighted by molar-refractivity contribution is 6.33. The summed E-state index contributed by atoms with van der Waals surface area (Å²) in [5.41, 5.74) is 0.395. The molecule has 1 fully saturated rings. The summed E-state index contributed by atoms with van der Waals surface area (Å²) in [6.07, 6.45) is 3.07. The number of halogens is 2. The van der Waals surface area contributed by atoms with Gasteiger partial charge in [-0.25, -0.2) is 9.18 Å². The smallest absolute Gasteiger partial charge is 0.319 e. The van der Waals surface area contributed by atoms with E-state index < -0.39 is 5.82 Å². The van der Waals surface area contributed by atoms with Gasteiger partial charge in [-0.1, -0.05) is 18.0 Å². The number of anilines is 1. The number of rotatable bonds is 4. The molecule has 4 nitrogen and oxygen atoms in total. The van der Waals surface area contributed by atoms with Crippen molar-refractivity contribution in [2.75, 3.05) is 19.0 Å². The van der Waals surface area contributed by atoms with Crippen LogP contribution in [0.25, 0.3) is 0 Å². The van der Waals surface area contributed by atoms with Crippen molar-refractivity contribution in [3.05, 3.63) is 29.0 Å². The van der Waals surface area contributed by atoms with Crippen molar-refractivity contribution in [1.29, 1.82) is 0 Å². The molecule has 1 aliphatic rings. The number of urea groups is 1. The minimum absolute atomic E-state index is 0.106. The van der Waals surface area contributed by atoms with Crippen LogP contribution in [0, 0.1) is 11.7 Å². The predicted molar refractivity (Wildman–Crippen MR) is 76.6 cm³/mol. The molecule has 6 heteroatoms. The highest BCUT2D eigenvalue weighted by Gasteiger charge is 2.28. The molecule has 0 spiro atoms. The van der Waals surface area contributed by atoms with E-state index in [0.717, 1.165) is 19.3 Å². The van der Waals surface area contributed by atoms with Gasteiger partial charge in [0.2, 0.25) is 0 Å². The molecular formula is C14H18ClFN2O2. The second kappa shape index (κ2) is 6.90. The van der Waals surface area contributed by atoms with Crippen LogP contribution in [-0.4, -0.2) is 25.8 Å². The van der Waals surface area contributed by atoms with E-state index in [0.29, 0.717) is 18.2 Å². The first-order valence-corrected chi connectivity index (χ1v) is 6.99. The largest absolute Gasteiger partial charge is 0.384 e. The van der Waals surface area contributed by atoms with Crippen molar-refractivity contribution >= 4 is 23.3 Å². The van der Waals surface area contributed by atoms with Crippen LogP contribution in [-0.2, 0) is 4.74 Å². The Morgan fingerprint density at radius 1 is 1.50 bits per heavy atom. The molecule has 0 bridgehead atoms. The number of hydrogen-bond donors (Lipinski definition) is 2. The molecule has 1 aliphatic carbocycles. The summed E-state index contributed by atoms with van der Waals surface area (Å²) >= 11 is 5.87. The second-order valence-electron chi connectivity index (χ2n) is 4.98. The van der Waals surface area contributed by atoms with Crippen LogP contribution >= 0.6 is 11.6 Å². The fourth-order valence-electron chi connectivity index (χ4n) is 2.56. The van der Waals surface area contributed by atoms with Gasteiger partial charge in [0.25, 0.3) is 0 Å². The summed E-state index contributed by atoms with van der Waals surface area (Å²) in [6, 6.07) is 3.64. The Morgan fingerprint density at radius 3 is 3.00 bits per heavy atom. The van der Waals surface area contributed by atoms with Crippen LogP contribution in [0.1, 0.15) is 19.3 Å². The average Bonchev–Trinajstić information content (AvgIpc) is 2.81. The molecule has 1 aromatic rings. The van der Waals surface area contributed by atoms with Gasteiger partial charge in [-0.05, 0) is 31.0 Å². The Hall–Kier alpha value is -1.33. The fraction of sp³-hybridized carbons (Fsp3) is 0.500. The van der Waals surface area contributed by atoms with Gasteiger partial charge in [0.1, 0.15) is 5.82 Å². The monoisotopic (exact) mass is 300 g/mol. The third-order valence-electron chi connectivity index (χ3n) is 3.54. The minimum Gasteiger partial charge on any atom is -0.384 e. The van der Waals surface area contributed by atoms with E-state index in [-0.39, 0.29) is 17.1 Å².